The second-order valence-electron chi connectivity index (χ2n) is 12.0. The van der Waals surface area contributed by atoms with Crippen molar-refractivity contribution < 1.29 is 38.8 Å². The molecule has 1 saturated heterocycles. The van der Waals surface area contributed by atoms with Crippen LogP contribution in [-0.2, 0) is 23.8 Å². The van der Waals surface area contributed by atoms with Gasteiger partial charge < -0.3 is 24.4 Å². The highest BCUT2D eigenvalue weighted by Crippen LogP contribution is 2.63. The van der Waals surface area contributed by atoms with Gasteiger partial charge >= 0.3 is 11.9 Å². The van der Waals surface area contributed by atoms with Gasteiger partial charge in [0.1, 0.15) is 23.6 Å². The van der Waals surface area contributed by atoms with Gasteiger partial charge in [-0.2, -0.15) is 0 Å². The van der Waals surface area contributed by atoms with Crippen molar-refractivity contribution in [2.45, 2.75) is 89.8 Å². The molecule has 7 atom stereocenters. The highest BCUT2D eigenvalue weighted by Gasteiger charge is 2.76. The third-order valence-electron chi connectivity index (χ3n) is 9.88. The van der Waals surface area contributed by atoms with E-state index in [2.05, 4.69) is 0 Å². The molecule has 0 aromatic heterocycles. The van der Waals surface area contributed by atoms with Crippen LogP contribution in [0.25, 0.3) is 0 Å². The molecular formula is C29H36O8. The molecule has 0 radical (unpaired) electrons. The maximum Gasteiger partial charge on any atom is 0.338 e. The fourth-order valence-corrected chi connectivity index (χ4v) is 7.50. The van der Waals surface area contributed by atoms with Gasteiger partial charge in [-0.15, -0.1) is 0 Å². The second-order valence-corrected chi connectivity index (χ2v) is 12.0. The number of Topliss-reactive ketones (excluding diaryl/α,β-unsaturated/α-hetero) is 1. The van der Waals surface area contributed by atoms with E-state index in [1.807, 2.05) is 20.8 Å². The van der Waals surface area contributed by atoms with Crippen LogP contribution in [0.2, 0.25) is 0 Å². The summed E-state index contributed by atoms with van der Waals surface area (Å²) >= 11 is 0. The van der Waals surface area contributed by atoms with Crippen molar-refractivity contribution in [3.8, 4) is 0 Å². The first-order valence-corrected chi connectivity index (χ1v) is 13.0. The Morgan fingerprint density at radius 1 is 1.14 bits per heavy atom. The predicted molar refractivity (Wildman–Crippen MR) is 132 cm³/mol. The van der Waals surface area contributed by atoms with E-state index in [0.29, 0.717) is 12.0 Å². The van der Waals surface area contributed by atoms with Gasteiger partial charge in [-0.1, -0.05) is 43.2 Å². The number of rotatable bonds is 3. The monoisotopic (exact) mass is 512 g/mol. The molecule has 1 aromatic rings. The minimum atomic E-state index is -1.61. The number of benzene rings is 1. The van der Waals surface area contributed by atoms with Crippen molar-refractivity contribution in [1.29, 1.82) is 0 Å². The number of carbonyl (C=O) groups excluding carboxylic acids is 3. The Morgan fingerprint density at radius 3 is 2.41 bits per heavy atom. The molecule has 3 unspecified atom stereocenters. The zero-order valence-corrected chi connectivity index (χ0v) is 22.1. The van der Waals surface area contributed by atoms with E-state index in [-0.39, 0.29) is 31.7 Å². The van der Waals surface area contributed by atoms with Gasteiger partial charge in [-0.05, 0) is 38.8 Å². The Kier molecular flexibility index (Phi) is 5.98. The summed E-state index contributed by atoms with van der Waals surface area (Å²) in [6.45, 7) is 8.62. The Hall–Kier alpha value is -2.55. The lowest BCUT2D eigenvalue weighted by atomic mass is 9.45. The highest BCUT2D eigenvalue weighted by molar-refractivity contribution is 5.91. The molecule has 3 fully saturated rings. The van der Waals surface area contributed by atoms with E-state index in [4.69, 9.17) is 14.2 Å². The maximum atomic E-state index is 14.2. The summed E-state index contributed by atoms with van der Waals surface area (Å²) in [7, 11) is 0. The van der Waals surface area contributed by atoms with Gasteiger partial charge in [-0.25, -0.2) is 4.79 Å². The summed E-state index contributed by atoms with van der Waals surface area (Å²) in [5.41, 5.74) is -3.24. The number of ether oxygens (including phenoxy) is 3. The number of allylic oxidation sites excluding steroid dienone is 1. The summed E-state index contributed by atoms with van der Waals surface area (Å²) in [6, 6.07) is 8.45. The first-order valence-electron chi connectivity index (χ1n) is 13.0. The molecule has 2 saturated carbocycles. The molecule has 2 N–H and O–H groups in total. The zero-order valence-electron chi connectivity index (χ0n) is 22.1. The Labute approximate surface area is 217 Å². The number of fused-ring (bicyclic) bond motifs is 5. The van der Waals surface area contributed by atoms with Gasteiger partial charge in [0.25, 0.3) is 0 Å². The Morgan fingerprint density at radius 2 is 1.81 bits per heavy atom. The van der Waals surface area contributed by atoms with Crippen molar-refractivity contribution in [1.82, 2.24) is 0 Å². The standard InChI is InChI=1S/C29H36O8/c1-16-11-12-29(34)24(36-25(33)18-9-7-6-8-10-18)23-27(5,20(31)13-19(16)26(29,3)4)21(32)14-22-28(23,15-35-22)37-17(2)30/h6-10,21-24,32,34H,11-15H2,1-5H3/t21?,22?,23-,24-,27?,28-,29+/m0/s1. The summed E-state index contributed by atoms with van der Waals surface area (Å²) in [5, 5.41) is 24.1. The van der Waals surface area contributed by atoms with Crippen molar-refractivity contribution >= 4 is 17.7 Å². The predicted octanol–water partition coefficient (Wildman–Crippen LogP) is 3.14. The Balaban J connectivity index is 1.76. The smallest absolute Gasteiger partial charge is 0.338 e. The normalized spacial score (nSPS) is 40.4. The molecule has 1 aliphatic heterocycles. The molecule has 200 valence electrons. The van der Waals surface area contributed by atoms with Crippen LogP contribution >= 0.6 is 0 Å². The van der Waals surface area contributed by atoms with Gasteiger partial charge in [0.15, 0.2) is 5.60 Å². The average molecular weight is 513 g/mol. The second kappa shape index (κ2) is 8.48. The number of esters is 2. The van der Waals surface area contributed by atoms with Crippen molar-refractivity contribution in [2.75, 3.05) is 6.61 Å². The molecule has 8 heteroatoms. The molecule has 0 spiro atoms. The minimum absolute atomic E-state index is 0.0187. The first kappa shape index (κ1) is 26.1. The molecule has 4 aliphatic rings. The molecular weight excluding hydrogens is 476 g/mol. The maximum absolute atomic E-state index is 14.2. The topological polar surface area (TPSA) is 119 Å². The lowest BCUT2D eigenvalue weighted by Gasteiger charge is -2.66. The number of hydrogen-bond acceptors (Lipinski definition) is 8. The largest absolute Gasteiger partial charge is 0.455 e. The highest BCUT2D eigenvalue weighted by atomic mass is 16.6. The van der Waals surface area contributed by atoms with E-state index in [1.165, 1.54) is 6.92 Å². The third kappa shape index (κ3) is 3.48. The number of aliphatic hydroxyl groups excluding tert-OH is 1. The van der Waals surface area contributed by atoms with Crippen LogP contribution in [0.4, 0.5) is 0 Å². The fourth-order valence-electron chi connectivity index (χ4n) is 7.50. The summed E-state index contributed by atoms with van der Waals surface area (Å²) < 4.78 is 18.0. The molecule has 37 heavy (non-hydrogen) atoms. The quantitative estimate of drug-likeness (QED) is 0.468. The number of aliphatic hydroxyl groups is 2. The van der Waals surface area contributed by atoms with Crippen molar-refractivity contribution in [3.05, 3.63) is 47.0 Å². The Bertz CT molecular complexity index is 1170. The molecule has 1 aromatic carbocycles. The SMILES string of the molecule is CC(=O)O[C@@]12COC1CC(O)C1(C)C(=O)CC3=C(C)CC[C@@](O)([C@@H](OC(=O)c4ccccc4)[C@@H]12)C3(C)C. The summed E-state index contributed by atoms with van der Waals surface area (Å²) in [6.07, 6.45) is -2.18. The van der Waals surface area contributed by atoms with E-state index in [0.717, 1.165) is 11.1 Å². The van der Waals surface area contributed by atoms with E-state index < -0.39 is 58.2 Å². The molecule has 8 nitrogen and oxygen atoms in total. The zero-order chi connectivity index (χ0) is 27.0. The molecule has 0 amide bonds. The van der Waals surface area contributed by atoms with Crippen LogP contribution < -0.4 is 0 Å². The van der Waals surface area contributed by atoms with Gasteiger partial charge in [0.2, 0.25) is 0 Å². The average Bonchev–Trinajstić information content (AvgIpc) is 2.84. The number of carbonyl (C=O) groups is 3. The fraction of sp³-hybridized carbons (Fsp3) is 0.621. The summed E-state index contributed by atoms with van der Waals surface area (Å²) in [5.74, 6) is -2.49. The van der Waals surface area contributed by atoms with Crippen LogP contribution in [0, 0.1) is 16.7 Å². The van der Waals surface area contributed by atoms with Crippen molar-refractivity contribution in [2.24, 2.45) is 16.7 Å². The van der Waals surface area contributed by atoms with Crippen LogP contribution in [-0.4, -0.2) is 64.1 Å². The number of hydrogen-bond donors (Lipinski definition) is 2. The lowest BCUT2D eigenvalue weighted by Crippen LogP contribution is -2.80. The lowest BCUT2D eigenvalue weighted by molar-refractivity contribution is -0.343. The van der Waals surface area contributed by atoms with Crippen LogP contribution in [0.1, 0.15) is 70.7 Å². The number of ketones is 1. The molecule has 5 rings (SSSR count). The molecule has 2 bridgehead atoms. The van der Waals surface area contributed by atoms with Gasteiger partial charge in [-0.3, -0.25) is 9.59 Å². The van der Waals surface area contributed by atoms with Crippen LogP contribution in [0.5, 0.6) is 0 Å². The van der Waals surface area contributed by atoms with Gasteiger partial charge in [0, 0.05) is 25.2 Å². The van der Waals surface area contributed by atoms with E-state index >= 15 is 0 Å². The summed E-state index contributed by atoms with van der Waals surface area (Å²) in [4.78, 5) is 40.1. The van der Waals surface area contributed by atoms with E-state index in [1.54, 1.807) is 37.3 Å². The van der Waals surface area contributed by atoms with Crippen LogP contribution in [0.15, 0.2) is 41.5 Å². The first-order chi connectivity index (χ1) is 17.3. The molecule has 3 aliphatic carbocycles. The van der Waals surface area contributed by atoms with E-state index in [9.17, 15) is 24.6 Å². The minimum Gasteiger partial charge on any atom is -0.455 e. The third-order valence-corrected chi connectivity index (χ3v) is 9.88. The van der Waals surface area contributed by atoms with Crippen molar-refractivity contribution in [3.63, 3.8) is 0 Å². The van der Waals surface area contributed by atoms with Crippen LogP contribution in [0.3, 0.4) is 0 Å². The van der Waals surface area contributed by atoms with Gasteiger partial charge in [0.05, 0.1) is 29.6 Å². The molecule has 1 heterocycles.